The molecule has 7 heteroatoms. The first kappa shape index (κ1) is 20.0. The smallest absolute Gasteiger partial charge is 0.306 e. The molecule has 2 aromatic rings. The molecule has 2 aliphatic rings. The zero-order valence-electron chi connectivity index (χ0n) is 16.1. The van der Waals surface area contributed by atoms with Crippen molar-refractivity contribution in [2.24, 2.45) is 0 Å². The molecule has 0 atom stereocenters. The van der Waals surface area contributed by atoms with E-state index in [0.717, 1.165) is 56.7 Å². The average Bonchev–Trinajstić information content (AvgIpc) is 3.18. The van der Waals surface area contributed by atoms with E-state index in [4.69, 9.17) is 17.0 Å². The van der Waals surface area contributed by atoms with E-state index in [2.05, 4.69) is 26.2 Å². The van der Waals surface area contributed by atoms with Crippen molar-refractivity contribution in [1.82, 2.24) is 4.98 Å². The standard InChI is InChI=1S/C22H21BrN2O3S/c1-2-28-20(27)9-8-14-18(24-16-4-3-5-19(26)21(14)16)11-15-13-7-6-12(23)10-17(13)25-22(15)29/h6-7,10-11,24H,2-5,8-9H2,1H3,(H,25,29). The lowest BCUT2D eigenvalue weighted by Crippen LogP contribution is -2.12. The minimum atomic E-state index is -0.252. The van der Waals surface area contributed by atoms with E-state index in [1.165, 1.54) is 0 Å². The molecule has 0 radical (unpaired) electrons. The fourth-order valence-electron chi connectivity index (χ4n) is 3.99. The van der Waals surface area contributed by atoms with Crippen LogP contribution in [0.15, 0.2) is 22.7 Å². The molecular formula is C22H21BrN2O3S. The van der Waals surface area contributed by atoms with Gasteiger partial charge in [0.15, 0.2) is 5.78 Å². The van der Waals surface area contributed by atoms with Gasteiger partial charge in [-0.3, -0.25) is 9.59 Å². The Bertz CT molecular complexity index is 1050. The van der Waals surface area contributed by atoms with E-state index in [1.807, 2.05) is 24.3 Å². The largest absolute Gasteiger partial charge is 0.466 e. The first-order chi connectivity index (χ1) is 14.0. The summed E-state index contributed by atoms with van der Waals surface area (Å²) >= 11 is 9.04. The van der Waals surface area contributed by atoms with Crippen LogP contribution in [0.1, 0.15) is 59.1 Å². The molecule has 1 aromatic heterocycles. The number of thiocarbonyl (C=S) groups is 1. The summed E-state index contributed by atoms with van der Waals surface area (Å²) in [7, 11) is 0. The predicted molar refractivity (Wildman–Crippen MR) is 121 cm³/mol. The summed E-state index contributed by atoms with van der Waals surface area (Å²) in [6, 6.07) is 5.99. The van der Waals surface area contributed by atoms with Crippen molar-refractivity contribution in [3.63, 3.8) is 0 Å². The maximum Gasteiger partial charge on any atom is 0.306 e. The lowest BCUT2D eigenvalue weighted by Gasteiger charge is -2.11. The van der Waals surface area contributed by atoms with Gasteiger partial charge in [-0.1, -0.05) is 34.2 Å². The highest BCUT2D eigenvalue weighted by atomic mass is 79.9. The molecular weight excluding hydrogens is 452 g/mol. The number of fused-ring (bicyclic) bond motifs is 2. The first-order valence-corrected chi connectivity index (χ1v) is 10.9. The van der Waals surface area contributed by atoms with Gasteiger partial charge in [-0.25, -0.2) is 0 Å². The number of H-pyrrole nitrogens is 1. The third kappa shape index (κ3) is 3.94. The minimum absolute atomic E-state index is 0.141. The molecule has 0 bridgehead atoms. The van der Waals surface area contributed by atoms with Gasteiger partial charge >= 0.3 is 5.97 Å². The summed E-state index contributed by atoms with van der Waals surface area (Å²) in [5.41, 5.74) is 6.33. The third-order valence-corrected chi connectivity index (χ3v) is 6.08. The summed E-state index contributed by atoms with van der Waals surface area (Å²) in [6.07, 6.45) is 4.93. The lowest BCUT2D eigenvalue weighted by atomic mass is 9.91. The Balaban J connectivity index is 1.76. The van der Waals surface area contributed by atoms with Gasteiger partial charge in [0.05, 0.1) is 6.61 Å². The predicted octanol–water partition coefficient (Wildman–Crippen LogP) is 5.09. The number of hydrogen-bond donors (Lipinski definition) is 2. The molecule has 2 heterocycles. The summed E-state index contributed by atoms with van der Waals surface area (Å²) in [5.74, 6) is -0.111. The van der Waals surface area contributed by atoms with E-state index in [1.54, 1.807) is 6.92 Å². The molecule has 1 aromatic carbocycles. The van der Waals surface area contributed by atoms with Gasteiger partial charge in [-0.2, -0.15) is 0 Å². The number of hydrogen-bond acceptors (Lipinski definition) is 4. The average molecular weight is 473 g/mol. The molecule has 4 rings (SSSR count). The Kier molecular flexibility index (Phi) is 5.69. The molecule has 29 heavy (non-hydrogen) atoms. The van der Waals surface area contributed by atoms with Crippen molar-refractivity contribution in [3.05, 3.63) is 50.8 Å². The van der Waals surface area contributed by atoms with Crippen LogP contribution in [0.25, 0.3) is 11.6 Å². The molecule has 0 saturated heterocycles. The highest BCUT2D eigenvalue weighted by molar-refractivity contribution is 9.10. The van der Waals surface area contributed by atoms with Crippen LogP contribution >= 0.6 is 28.1 Å². The fraction of sp³-hybridized carbons (Fsp3) is 0.318. The Morgan fingerprint density at radius 1 is 1.34 bits per heavy atom. The maximum atomic E-state index is 12.6. The number of aromatic amines is 1. The zero-order valence-corrected chi connectivity index (χ0v) is 18.5. The number of aromatic nitrogens is 1. The molecule has 0 spiro atoms. The van der Waals surface area contributed by atoms with E-state index < -0.39 is 0 Å². The number of aryl methyl sites for hydroxylation is 1. The van der Waals surface area contributed by atoms with Crippen LogP contribution in [-0.4, -0.2) is 28.3 Å². The van der Waals surface area contributed by atoms with Gasteiger partial charge < -0.3 is 15.0 Å². The second-order valence-electron chi connectivity index (χ2n) is 7.15. The summed E-state index contributed by atoms with van der Waals surface area (Å²) in [4.78, 5) is 28.6. The number of anilines is 1. The first-order valence-electron chi connectivity index (χ1n) is 9.73. The fourth-order valence-corrected chi connectivity index (χ4v) is 4.63. The van der Waals surface area contributed by atoms with Gasteiger partial charge in [0.25, 0.3) is 0 Å². The highest BCUT2D eigenvalue weighted by Gasteiger charge is 2.27. The number of rotatable bonds is 5. The number of esters is 1. The van der Waals surface area contributed by atoms with E-state index in [9.17, 15) is 9.59 Å². The van der Waals surface area contributed by atoms with Crippen LogP contribution in [0.3, 0.4) is 0 Å². The summed E-state index contributed by atoms with van der Waals surface area (Å²) < 4.78 is 6.05. The van der Waals surface area contributed by atoms with Crippen molar-refractivity contribution in [2.45, 2.75) is 39.0 Å². The molecule has 1 aliphatic heterocycles. The Labute approximate surface area is 183 Å². The maximum absolute atomic E-state index is 12.6. The van der Waals surface area contributed by atoms with Crippen molar-refractivity contribution < 1.29 is 14.3 Å². The highest BCUT2D eigenvalue weighted by Crippen LogP contribution is 2.37. The van der Waals surface area contributed by atoms with Gasteiger partial charge in [0, 0.05) is 51.1 Å². The third-order valence-electron chi connectivity index (χ3n) is 5.26. The van der Waals surface area contributed by atoms with Crippen molar-refractivity contribution in [2.75, 3.05) is 11.9 Å². The molecule has 0 amide bonds. The van der Waals surface area contributed by atoms with Crippen LogP contribution < -0.4 is 5.32 Å². The zero-order chi connectivity index (χ0) is 20.5. The van der Waals surface area contributed by atoms with E-state index in [-0.39, 0.29) is 18.2 Å². The monoisotopic (exact) mass is 472 g/mol. The van der Waals surface area contributed by atoms with Crippen molar-refractivity contribution in [3.8, 4) is 0 Å². The molecule has 2 N–H and O–H groups in total. The molecule has 0 saturated carbocycles. The SMILES string of the molecule is CCOC(=O)CCc1c(C=C2C(=S)Nc3cc(Br)ccc32)[nH]c2c1C(=O)CCC2. The second kappa shape index (κ2) is 8.24. The van der Waals surface area contributed by atoms with Crippen LogP contribution in [0.5, 0.6) is 0 Å². The molecule has 150 valence electrons. The van der Waals surface area contributed by atoms with Gasteiger partial charge in [-0.05, 0) is 50.0 Å². The number of ether oxygens (including phenoxy) is 1. The molecule has 5 nitrogen and oxygen atoms in total. The summed E-state index contributed by atoms with van der Waals surface area (Å²) in [6.45, 7) is 2.14. The van der Waals surface area contributed by atoms with E-state index >= 15 is 0 Å². The number of halogens is 1. The van der Waals surface area contributed by atoms with Crippen molar-refractivity contribution in [1.29, 1.82) is 0 Å². The Morgan fingerprint density at radius 3 is 2.97 bits per heavy atom. The van der Waals surface area contributed by atoms with Gasteiger partial charge in [-0.15, -0.1) is 0 Å². The molecule has 1 aliphatic carbocycles. The number of carbonyl (C=O) groups is 2. The number of nitrogens with one attached hydrogen (secondary N) is 2. The second-order valence-corrected chi connectivity index (χ2v) is 8.48. The summed E-state index contributed by atoms with van der Waals surface area (Å²) in [5, 5.41) is 3.24. The van der Waals surface area contributed by atoms with Crippen LogP contribution in [0.4, 0.5) is 5.69 Å². The minimum Gasteiger partial charge on any atom is -0.466 e. The lowest BCUT2D eigenvalue weighted by molar-refractivity contribution is -0.143. The van der Waals surface area contributed by atoms with Crippen LogP contribution in [0.2, 0.25) is 0 Å². The van der Waals surface area contributed by atoms with Crippen LogP contribution in [0, 0.1) is 0 Å². The van der Waals surface area contributed by atoms with Crippen LogP contribution in [-0.2, 0) is 22.4 Å². The van der Waals surface area contributed by atoms with Gasteiger partial charge in [0.1, 0.15) is 4.99 Å². The number of ketones is 1. The number of benzene rings is 1. The number of carbonyl (C=O) groups excluding carboxylic acids is 2. The Hall–Kier alpha value is -2.25. The molecule has 0 unspecified atom stereocenters. The Morgan fingerprint density at radius 2 is 2.17 bits per heavy atom. The topological polar surface area (TPSA) is 71.2 Å². The van der Waals surface area contributed by atoms with Crippen molar-refractivity contribution >= 4 is 62.2 Å². The van der Waals surface area contributed by atoms with Gasteiger partial charge in [0.2, 0.25) is 0 Å². The van der Waals surface area contributed by atoms with E-state index in [0.29, 0.717) is 24.4 Å². The number of Topliss-reactive ketones (excluding diaryl/α,β-unsaturated/α-hetero) is 1. The normalized spacial score (nSPS) is 16.6. The quantitative estimate of drug-likeness (QED) is 0.360. The molecule has 0 fully saturated rings.